The highest BCUT2D eigenvalue weighted by molar-refractivity contribution is 7.86. The average Bonchev–Trinajstić information content (AvgIpc) is 2.65. The predicted molar refractivity (Wildman–Crippen MR) is 117 cm³/mol. The number of rotatable bonds is 4. The van der Waals surface area contributed by atoms with Gasteiger partial charge in [0.05, 0.1) is 6.26 Å². The average molecular weight is 468 g/mol. The molecule has 2 heterocycles. The van der Waals surface area contributed by atoms with E-state index in [1.165, 1.54) is 11.0 Å². The van der Waals surface area contributed by atoms with Crippen LogP contribution in [0.25, 0.3) is 0 Å². The summed E-state index contributed by atoms with van der Waals surface area (Å²) in [6.45, 7) is 6.56. The van der Waals surface area contributed by atoms with Crippen molar-refractivity contribution in [3.63, 3.8) is 0 Å². The van der Waals surface area contributed by atoms with Crippen LogP contribution in [-0.2, 0) is 19.6 Å². The molecule has 3 rings (SSSR count). The first-order chi connectivity index (χ1) is 14.8. The molecule has 10 nitrogen and oxygen atoms in total. The molecule has 0 aliphatic carbocycles. The maximum Gasteiger partial charge on any atom is 0.410 e. The molecule has 4 amide bonds. The van der Waals surface area contributed by atoms with Gasteiger partial charge < -0.3 is 13.8 Å². The molecule has 2 aliphatic heterocycles. The lowest BCUT2D eigenvalue weighted by atomic mass is 9.88. The number of benzene rings is 1. The Labute approximate surface area is 188 Å². The first-order valence-electron chi connectivity index (χ1n) is 10.4. The van der Waals surface area contributed by atoms with E-state index >= 15 is 0 Å². The number of piperidine rings is 1. The lowest BCUT2D eigenvalue weighted by molar-refractivity contribution is -0.120. The molecule has 1 aromatic carbocycles. The molecule has 0 bridgehead atoms. The molecule has 1 aromatic rings. The Morgan fingerprint density at radius 3 is 2.34 bits per heavy atom. The molecule has 1 N–H and O–H groups in total. The number of amides is 4. The van der Waals surface area contributed by atoms with E-state index in [0.717, 1.165) is 6.26 Å². The second-order valence-electron chi connectivity index (χ2n) is 9.01. The molecule has 2 fully saturated rings. The van der Waals surface area contributed by atoms with Crippen LogP contribution in [0.2, 0.25) is 0 Å². The van der Waals surface area contributed by atoms with Gasteiger partial charge in [-0.2, -0.15) is 8.42 Å². The van der Waals surface area contributed by atoms with Gasteiger partial charge in [-0.3, -0.25) is 15.0 Å². The van der Waals surface area contributed by atoms with Gasteiger partial charge in [-0.05, 0) is 51.2 Å². The van der Waals surface area contributed by atoms with E-state index in [1.54, 1.807) is 17.0 Å². The Balaban J connectivity index is 1.80. The minimum atomic E-state index is -3.81. The van der Waals surface area contributed by atoms with Crippen molar-refractivity contribution in [1.29, 1.82) is 0 Å². The van der Waals surface area contributed by atoms with Crippen LogP contribution in [0.3, 0.4) is 0 Å². The van der Waals surface area contributed by atoms with Gasteiger partial charge in [0.25, 0.3) is 0 Å². The van der Waals surface area contributed by atoms with Crippen molar-refractivity contribution in [2.45, 2.75) is 51.6 Å². The third-order valence-electron chi connectivity index (χ3n) is 5.19. The van der Waals surface area contributed by atoms with Gasteiger partial charge in [0.2, 0.25) is 5.91 Å². The monoisotopic (exact) mass is 467 g/mol. The number of hydrogen-bond donors (Lipinski definition) is 1. The quantitative estimate of drug-likeness (QED) is 0.675. The van der Waals surface area contributed by atoms with Crippen molar-refractivity contribution in [3.8, 4) is 5.75 Å². The number of likely N-dealkylation sites (tertiary alicyclic amines) is 1. The smallest absolute Gasteiger partial charge is 0.410 e. The minimum Gasteiger partial charge on any atom is -0.444 e. The Bertz CT molecular complexity index is 1010. The van der Waals surface area contributed by atoms with Crippen LogP contribution in [0.4, 0.5) is 15.3 Å². The highest BCUT2D eigenvalue weighted by atomic mass is 32.2. The van der Waals surface area contributed by atoms with Gasteiger partial charge in [0.15, 0.2) is 0 Å². The third kappa shape index (κ3) is 6.12. The normalized spacial score (nSPS) is 18.4. The van der Waals surface area contributed by atoms with Crippen LogP contribution >= 0.6 is 0 Å². The topological polar surface area (TPSA) is 122 Å². The zero-order valence-corrected chi connectivity index (χ0v) is 19.5. The number of anilines is 1. The van der Waals surface area contributed by atoms with E-state index in [0.29, 0.717) is 37.2 Å². The Morgan fingerprint density at radius 1 is 1.12 bits per heavy atom. The van der Waals surface area contributed by atoms with Crippen molar-refractivity contribution in [2.24, 2.45) is 0 Å². The zero-order chi connectivity index (χ0) is 23.7. The number of ether oxygens (including phenoxy) is 1. The summed E-state index contributed by atoms with van der Waals surface area (Å²) >= 11 is 0. The van der Waals surface area contributed by atoms with Crippen molar-refractivity contribution in [3.05, 3.63) is 23.8 Å². The fraction of sp³-hybridized carbons (Fsp3) is 0.571. The van der Waals surface area contributed by atoms with Gasteiger partial charge in [-0.25, -0.2) is 9.59 Å². The summed E-state index contributed by atoms with van der Waals surface area (Å²) in [7, 11) is -3.81. The largest absolute Gasteiger partial charge is 0.444 e. The van der Waals surface area contributed by atoms with Gasteiger partial charge >= 0.3 is 22.2 Å². The van der Waals surface area contributed by atoms with Crippen LogP contribution < -0.4 is 14.4 Å². The number of carbonyl (C=O) groups excluding carboxylic acids is 3. The van der Waals surface area contributed by atoms with Crippen molar-refractivity contribution >= 4 is 33.8 Å². The summed E-state index contributed by atoms with van der Waals surface area (Å²) in [6.07, 6.45) is 1.96. The maximum atomic E-state index is 12.3. The molecule has 0 atom stereocenters. The van der Waals surface area contributed by atoms with E-state index in [-0.39, 0.29) is 36.6 Å². The first kappa shape index (κ1) is 23.8. The third-order valence-corrected chi connectivity index (χ3v) is 5.67. The highest BCUT2D eigenvalue weighted by Gasteiger charge is 2.30. The number of nitrogens with zero attached hydrogens (tertiary/aromatic N) is 2. The number of nitrogens with one attached hydrogen (secondary N) is 1. The van der Waals surface area contributed by atoms with E-state index < -0.39 is 21.8 Å². The summed E-state index contributed by atoms with van der Waals surface area (Å²) < 4.78 is 34.4. The van der Waals surface area contributed by atoms with Crippen LogP contribution in [0, 0.1) is 0 Å². The van der Waals surface area contributed by atoms with Crippen molar-refractivity contribution < 1.29 is 31.7 Å². The maximum absolute atomic E-state index is 12.3. The Kier molecular flexibility index (Phi) is 6.68. The Hall–Kier alpha value is -2.82. The molecule has 11 heteroatoms. The van der Waals surface area contributed by atoms with Crippen LogP contribution in [0.1, 0.15) is 51.5 Å². The number of imide groups is 1. The molecule has 2 saturated heterocycles. The van der Waals surface area contributed by atoms with E-state index in [4.69, 9.17) is 8.92 Å². The number of carbonyl (C=O) groups is 3. The zero-order valence-electron chi connectivity index (χ0n) is 18.7. The van der Waals surface area contributed by atoms with Gasteiger partial charge in [-0.15, -0.1) is 0 Å². The van der Waals surface area contributed by atoms with Gasteiger partial charge in [0.1, 0.15) is 11.4 Å². The van der Waals surface area contributed by atoms with Crippen LogP contribution in [0.5, 0.6) is 5.75 Å². The lowest BCUT2D eigenvalue weighted by Gasteiger charge is -2.34. The van der Waals surface area contributed by atoms with Gasteiger partial charge in [0, 0.05) is 37.8 Å². The fourth-order valence-electron chi connectivity index (χ4n) is 3.77. The minimum absolute atomic E-state index is 0.0313. The van der Waals surface area contributed by atoms with Crippen LogP contribution in [-0.4, -0.2) is 62.8 Å². The van der Waals surface area contributed by atoms with Crippen molar-refractivity contribution in [2.75, 3.05) is 30.8 Å². The molecular formula is C21H29N3O7S. The molecule has 2 aliphatic rings. The van der Waals surface area contributed by atoms with Crippen molar-refractivity contribution in [1.82, 2.24) is 10.2 Å². The number of hydrogen-bond acceptors (Lipinski definition) is 7. The second kappa shape index (κ2) is 8.97. The first-order valence-corrected chi connectivity index (χ1v) is 12.3. The number of urea groups is 1. The van der Waals surface area contributed by atoms with E-state index in [2.05, 4.69) is 5.32 Å². The highest BCUT2D eigenvalue weighted by Crippen LogP contribution is 2.38. The molecule has 0 spiro atoms. The second-order valence-corrected chi connectivity index (χ2v) is 10.6. The molecule has 0 radical (unpaired) electrons. The molecular weight excluding hydrogens is 438 g/mol. The molecule has 0 unspecified atom stereocenters. The van der Waals surface area contributed by atoms with E-state index in [9.17, 15) is 22.8 Å². The molecule has 0 aromatic heterocycles. The molecule has 176 valence electrons. The van der Waals surface area contributed by atoms with Crippen LogP contribution in [0.15, 0.2) is 18.2 Å². The van der Waals surface area contributed by atoms with Gasteiger partial charge in [-0.1, -0.05) is 6.07 Å². The summed E-state index contributed by atoms with van der Waals surface area (Å²) in [4.78, 5) is 38.9. The summed E-state index contributed by atoms with van der Waals surface area (Å²) in [5.74, 6) is -0.242. The Morgan fingerprint density at radius 2 is 1.78 bits per heavy atom. The predicted octanol–water partition coefficient (Wildman–Crippen LogP) is 2.59. The molecule has 32 heavy (non-hydrogen) atoms. The molecule has 0 saturated carbocycles. The lowest BCUT2D eigenvalue weighted by Crippen LogP contribution is -2.49. The summed E-state index contributed by atoms with van der Waals surface area (Å²) in [5.41, 5.74) is 0.547. The summed E-state index contributed by atoms with van der Waals surface area (Å²) in [5, 5.41) is 2.24. The standard InChI is InChI=1S/C21H29N3O7S/c1-21(2,3)30-20(27)23-10-7-14(8-11-23)16-6-5-15(13-17(16)31-32(4,28)29)24-12-9-18(25)22-19(24)26/h5-6,13-14H,7-12H2,1-4H3,(H,22,25,26). The fourth-order valence-corrected chi connectivity index (χ4v) is 4.24. The SMILES string of the molecule is CC(C)(C)OC(=O)N1CCC(c2ccc(N3CCC(=O)NC3=O)cc2OS(C)(=O)=O)CC1. The van der Waals surface area contributed by atoms with E-state index in [1.807, 2.05) is 20.8 Å². The summed E-state index contributed by atoms with van der Waals surface area (Å²) in [6, 6.07) is 4.39.